The normalized spacial score (nSPS) is 31.0. The molecule has 18 heterocycles. The van der Waals surface area contributed by atoms with Crippen molar-refractivity contribution in [2.45, 2.75) is 123 Å². The van der Waals surface area contributed by atoms with E-state index in [1.165, 1.54) is 123 Å². The minimum Gasteiger partial charge on any atom is -0.385 e. The van der Waals surface area contributed by atoms with Crippen LogP contribution in [0.4, 0.5) is 0 Å². The van der Waals surface area contributed by atoms with Crippen LogP contribution < -0.4 is 10.6 Å². The fourth-order valence-electron chi connectivity index (χ4n) is 9.66. The van der Waals surface area contributed by atoms with Gasteiger partial charge in [-0.05, 0) is 32.6 Å². The molecule has 18 aliphatic heterocycles. The molecule has 18 saturated heterocycles. The monoisotopic (exact) mass is 1460 g/mol. The smallest absolute Gasteiger partial charge is 0.260 e. The summed E-state index contributed by atoms with van der Waals surface area (Å²) in [6.45, 7) is 17.9. The van der Waals surface area contributed by atoms with E-state index in [2.05, 4.69) is 37.6 Å². The summed E-state index contributed by atoms with van der Waals surface area (Å²) in [6.07, 6.45) is 8.86. The second-order valence-electron chi connectivity index (χ2n) is 20.9. The third kappa shape index (κ3) is 16.0. The SMILES string of the molecule is C=CCN1C(=O)C2SSC1C(=O)N2CC=C.CCCCN1C(=O)C2SSC1C(=O)N2CCCC.CN1C(=O)C2(C)SSC1C(=O)N2C.CN1C(=O)C2SSC1C(=O)N2C.COCCCN1C(=O)C2SSC1C(=O)N2CCCOC.O=C1NC2SSC1NC2=O. The maximum absolute atomic E-state index is 12.4. The number of carbonyl (C=O) groups excluding carboxylic acids is 12. The van der Waals surface area contributed by atoms with E-state index < -0.39 is 15.6 Å². The Hall–Kier alpha value is -2.76. The van der Waals surface area contributed by atoms with Crippen LogP contribution in [0.25, 0.3) is 0 Å². The lowest BCUT2D eigenvalue weighted by molar-refractivity contribution is -0.156. The molecule has 12 amide bonds. The number of methoxy groups -OCH3 is 2. The molecule has 18 aliphatic rings. The van der Waals surface area contributed by atoms with Crippen LogP contribution in [0.5, 0.6) is 0 Å². The maximum atomic E-state index is 12.4. The predicted molar refractivity (Wildman–Crippen MR) is 362 cm³/mol. The van der Waals surface area contributed by atoms with E-state index in [4.69, 9.17) is 9.47 Å². The molecule has 26 nitrogen and oxygen atoms in total. The molecule has 494 valence electrons. The van der Waals surface area contributed by atoms with Gasteiger partial charge in [0.15, 0.2) is 64.0 Å². The molecule has 0 saturated carbocycles. The number of hydrogen-bond donors (Lipinski definition) is 2. The van der Waals surface area contributed by atoms with Crippen LogP contribution in [0.1, 0.15) is 59.3 Å². The van der Waals surface area contributed by atoms with Crippen LogP contribution in [-0.2, 0) is 67.0 Å². The highest BCUT2D eigenvalue weighted by Crippen LogP contribution is 2.53. The zero-order chi connectivity index (χ0) is 65.2. The summed E-state index contributed by atoms with van der Waals surface area (Å²) in [5.41, 5.74) is 0. The summed E-state index contributed by atoms with van der Waals surface area (Å²) >= 11 is 0. The van der Waals surface area contributed by atoms with Crippen molar-refractivity contribution in [1.82, 2.24) is 59.6 Å². The molecular weight excluding hydrogens is 1390 g/mol. The number of unbranched alkanes of at least 4 members (excludes halogenated alkanes) is 2. The zero-order valence-electron chi connectivity index (χ0n) is 50.4. The van der Waals surface area contributed by atoms with Gasteiger partial charge in [0.05, 0.1) is 0 Å². The second-order valence-corrected chi connectivity index (χ2v) is 35.8. The Balaban J connectivity index is 0.000000154. The average Bonchev–Trinajstić information content (AvgIpc) is 1.03. The molecule has 0 spiro atoms. The molecule has 12 atom stereocenters. The topological polar surface area (TPSA) is 280 Å². The van der Waals surface area contributed by atoms with Crippen molar-refractivity contribution in [2.75, 3.05) is 94.9 Å². The zero-order valence-corrected chi connectivity index (χ0v) is 60.2. The third-order valence-corrected chi connectivity index (χ3v) is 32.3. The first-order valence-electron chi connectivity index (χ1n) is 28.2. The van der Waals surface area contributed by atoms with Crippen molar-refractivity contribution in [1.29, 1.82) is 0 Å². The van der Waals surface area contributed by atoms with Gasteiger partial charge < -0.3 is 69.1 Å². The van der Waals surface area contributed by atoms with E-state index in [1.54, 1.807) is 117 Å². The van der Waals surface area contributed by atoms with Crippen molar-refractivity contribution < 1.29 is 67.0 Å². The first-order chi connectivity index (χ1) is 42.5. The van der Waals surface area contributed by atoms with Crippen molar-refractivity contribution in [3.8, 4) is 0 Å². The summed E-state index contributed by atoms with van der Waals surface area (Å²) in [4.78, 5) is 157. The molecule has 12 bridgehead atoms. The van der Waals surface area contributed by atoms with Crippen molar-refractivity contribution in [2.24, 2.45) is 0 Å². The molecule has 18 rings (SSSR count). The van der Waals surface area contributed by atoms with E-state index in [0.29, 0.717) is 39.4 Å². The van der Waals surface area contributed by atoms with E-state index >= 15 is 0 Å². The number of fused-ring (bicyclic) bond motifs is 18. The Morgan fingerprint density at radius 3 is 1.02 bits per heavy atom. The van der Waals surface area contributed by atoms with Gasteiger partial charge in [0, 0.05) is 94.9 Å². The number of nitrogens with zero attached hydrogens (tertiary/aromatic N) is 10. The van der Waals surface area contributed by atoms with Crippen LogP contribution >= 0.6 is 130 Å². The lowest BCUT2D eigenvalue weighted by Crippen LogP contribution is -2.68. The van der Waals surface area contributed by atoms with E-state index in [-0.39, 0.29) is 119 Å². The number of carbonyl (C=O) groups is 12. The molecule has 12 unspecified atom stereocenters. The van der Waals surface area contributed by atoms with Gasteiger partial charge in [-0.25, -0.2) is 0 Å². The number of rotatable bonds is 18. The van der Waals surface area contributed by atoms with E-state index in [0.717, 1.165) is 51.6 Å². The van der Waals surface area contributed by atoms with Gasteiger partial charge in [0.2, 0.25) is 0 Å². The van der Waals surface area contributed by atoms with Crippen LogP contribution in [0.3, 0.4) is 0 Å². The molecular formula is C51H74N12O14S12. The average molecular weight is 1460 g/mol. The molecule has 0 aromatic carbocycles. The molecule has 18 fully saturated rings. The quantitative estimate of drug-likeness (QED) is 0.112. The highest BCUT2D eigenvalue weighted by Gasteiger charge is 2.58. The van der Waals surface area contributed by atoms with Crippen molar-refractivity contribution >= 4 is 200 Å². The summed E-state index contributed by atoms with van der Waals surface area (Å²) in [6, 6.07) is 0. The molecule has 0 aliphatic carbocycles. The number of nitrogens with one attached hydrogen (secondary N) is 2. The summed E-state index contributed by atoms with van der Waals surface area (Å²) < 4.78 is 10.0. The summed E-state index contributed by atoms with van der Waals surface area (Å²) in [7, 11) is 27.7. The van der Waals surface area contributed by atoms with Gasteiger partial charge in [-0.1, -0.05) is 168 Å². The number of piperazine rings is 6. The standard InChI is InChI=1S/C12H20N2O4S2.C12H20N2O2S2.C10H12N2O2S2.C7H10N2O2S2.C6H8N2O2S2.C4H4N2O2S2/c1-17-7-3-5-13-9(15)12-14(6-4-8-18-2)10(16)11(13)19-20-12;1-3-5-7-13-9(15)12-14(8-6-4-2)10(16)11(13)17-18-12;1-3-5-11-7(13)10-12(6-4-2)8(14)9(11)15-16-10;1-7-6(11)8(2)5(12-13-7)4(10)9(7)3;1-7-3(9)6-8(2)4(10)5(7)11-12-6;7-1-3-6-2(8)4(5-1)10-9-3/h11-12H,3-8H2,1-2H3;11-12H,3-8H2,1-2H3;3-4,9-10H,1-2,5-6H2;5H,1-3H3;5-6H,1-2H3;3-4H,(H,5,7)(H,6,8). The Kier molecular flexibility index (Phi) is 27.8. The lowest BCUT2D eigenvalue weighted by Gasteiger charge is -2.51. The number of likely N-dealkylation sites (N-methyl/N-ethyl adjacent to an activating group) is 4. The largest absolute Gasteiger partial charge is 0.385 e. The molecule has 2 N–H and O–H groups in total. The van der Waals surface area contributed by atoms with Crippen LogP contribution in [0.15, 0.2) is 25.3 Å². The minimum atomic E-state index is -0.703. The third-order valence-electron chi connectivity index (χ3n) is 14.9. The molecule has 38 heteroatoms. The molecule has 0 radical (unpaired) electrons. The van der Waals surface area contributed by atoms with E-state index in [9.17, 15) is 57.5 Å². The lowest BCUT2D eigenvalue weighted by atomic mass is 10.2. The van der Waals surface area contributed by atoms with Gasteiger partial charge >= 0.3 is 0 Å². The minimum absolute atomic E-state index is 0.00454. The first kappa shape index (κ1) is 73.6. The Bertz CT molecular complexity index is 2590. The van der Waals surface area contributed by atoms with Crippen molar-refractivity contribution in [3.05, 3.63) is 25.3 Å². The Morgan fingerprint density at radius 2 is 0.719 bits per heavy atom. The fourth-order valence-corrected chi connectivity index (χ4v) is 27.3. The summed E-state index contributed by atoms with van der Waals surface area (Å²) in [5, 5.41) is 1.30. The predicted octanol–water partition coefficient (Wildman–Crippen LogP) is 3.76. The van der Waals surface area contributed by atoms with Gasteiger partial charge in [-0.3, -0.25) is 57.5 Å². The van der Waals surface area contributed by atoms with Crippen LogP contribution in [-0.4, -0.2) is 279 Å². The number of hydrogen-bond acceptors (Lipinski definition) is 26. The Morgan fingerprint density at radius 1 is 0.416 bits per heavy atom. The van der Waals surface area contributed by atoms with Gasteiger partial charge in [0.25, 0.3) is 70.9 Å². The highest BCUT2D eigenvalue weighted by molar-refractivity contribution is 8.79. The summed E-state index contributed by atoms with van der Waals surface area (Å²) in [5.74, 6) is 0.278. The maximum Gasteiger partial charge on any atom is 0.260 e. The number of ether oxygens (including phenoxy) is 2. The van der Waals surface area contributed by atoms with Gasteiger partial charge in [0.1, 0.15) is 0 Å². The number of amides is 12. The van der Waals surface area contributed by atoms with Crippen molar-refractivity contribution in [3.63, 3.8) is 0 Å². The van der Waals surface area contributed by atoms with Crippen LogP contribution in [0.2, 0.25) is 0 Å². The molecule has 0 aromatic heterocycles. The Labute approximate surface area is 565 Å². The van der Waals surface area contributed by atoms with Gasteiger partial charge in [-0.2, -0.15) is 0 Å². The molecule has 0 aromatic rings. The van der Waals surface area contributed by atoms with Gasteiger partial charge in [-0.15, -0.1) is 13.2 Å². The fraction of sp³-hybridized carbons (Fsp3) is 0.686. The highest BCUT2D eigenvalue weighted by atomic mass is 33.1. The second kappa shape index (κ2) is 33.6. The molecule has 89 heavy (non-hydrogen) atoms. The van der Waals surface area contributed by atoms with Crippen LogP contribution in [0, 0.1) is 0 Å². The first-order valence-corrected chi connectivity index (χ1v) is 41.8. The van der Waals surface area contributed by atoms with E-state index in [1.807, 2.05) is 0 Å².